The zero-order valence-corrected chi connectivity index (χ0v) is 12.2. The fourth-order valence-corrected chi connectivity index (χ4v) is 2.71. The van der Waals surface area contributed by atoms with Crippen LogP contribution in [0, 0.1) is 0 Å². The fourth-order valence-electron chi connectivity index (χ4n) is 2.71. The summed E-state index contributed by atoms with van der Waals surface area (Å²) in [5, 5.41) is 3.25. The van der Waals surface area contributed by atoms with Crippen LogP contribution in [0.5, 0.6) is 5.75 Å². The third kappa shape index (κ3) is 3.74. The van der Waals surface area contributed by atoms with E-state index in [0.717, 1.165) is 63.5 Å². The van der Waals surface area contributed by atoms with E-state index in [9.17, 15) is 4.79 Å². The second-order valence-corrected chi connectivity index (χ2v) is 5.50. The average Bonchev–Trinajstić information content (AvgIpc) is 2.57. The van der Waals surface area contributed by atoms with Crippen LogP contribution in [0.25, 0.3) is 0 Å². The summed E-state index contributed by atoms with van der Waals surface area (Å²) in [5.41, 5.74) is 0.733. The number of amides is 1. The molecule has 2 saturated heterocycles. The van der Waals surface area contributed by atoms with Gasteiger partial charge in [-0.1, -0.05) is 0 Å². The molecule has 0 aliphatic carbocycles. The highest BCUT2D eigenvalue weighted by Crippen LogP contribution is 2.19. The highest BCUT2D eigenvalue weighted by molar-refractivity contribution is 5.94. The van der Waals surface area contributed by atoms with Crippen molar-refractivity contribution in [3.05, 3.63) is 29.8 Å². The van der Waals surface area contributed by atoms with E-state index in [1.165, 1.54) is 0 Å². The molecule has 5 nitrogen and oxygen atoms in total. The molecule has 2 aliphatic rings. The molecule has 1 N–H and O–H groups in total. The highest BCUT2D eigenvalue weighted by Gasteiger charge is 2.18. The number of hydrogen-bond acceptors (Lipinski definition) is 4. The predicted octanol–water partition coefficient (Wildman–Crippen LogP) is 1.29. The van der Waals surface area contributed by atoms with Gasteiger partial charge in [0.2, 0.25) is 0 Å². The molecule has 0 aromatic heterocycles. The Labute approximate surface area is 125 Å². The standard InChI is InChI=1S/C16H22N2O3/c19-16(18-9-7-17-8-10-18)13-1-3-14(4-2-13)21-15-5-11-20-12-6-15/h1-4,15,17H,5-12H2. The first-order chi connectivity index (χ1) is 10.3. The molecule has 0 spiro atoms. The van der Waals surface area contributed by atoms with Crippen molar-refractivity contribution in [2.24, 2.45) is 0 Å². The Morgan fingerprint density at radius 1 is 1.14 bits per heavy atom. The average molecular weight is 290 g/mol. The van der Waals surface area contributed by atoms with E-state index in [4.69, 9.17) is 9.47 Å². The van der Waals surface area contributed by atoms with Gasteiger partial charge in [0.05, 0.1) is 13.2 Å². The minimum absolute atomic E-state index is 0.106. The highest BCUT2D eigenvalue weighted by atomic mass is 16.5. The van der Waals surface area contributed by atoms with Crippen LogP contribution in [-0.2, 0) is 4.74 Å². The SMILES string of the molecule is O=C(c1ccc(OC2CCOCC2)cc1)N1CCNCC1. The van der Waals surface area contributed by atoms with Gasteiger partial charge in [-0.3, -0.25) is 4.79 Å². The van der Waals surface area contributed by atoms with Gasteiger partial charge < -0.3 is 19.7 Å². The first kappa shape index (κ1) is 14.4. The summed E-state index contributed by atoms with van der Waals surface area (Å²) in [7, 11) is 0. The molecular formula is C16H22N2O3. The fraction of sp³-hybridized carbons (Fsp3) is 0.562. The number of benzene rings is 1. The van der Waals surface area contributed by atoms with Crippen molar-refractivity contribution in [1.29, 1.82) is 0 Å². The summed E-state index contributed by atoms with van der Waals surface area (Å²) >= 11 is 0. The number of nitrogens with zero attached hydrogens (tertiary/aromatic N) is 1. The lowest BCUT2D eigenvalue weighted by Crippen LogP contribution is -2.46. The Hall–Kier alpha value is -1.59. The van der Waals surface area contributed by atoms with Gasteiger partial charge in [-0.25, -0.2) is 0 Å². The van der Waals surface area contributed by atoms with Crippen LogP contribution < -0.4 is 10.1 Å². The van der Waals surface area contributed by atoms with Crippen molar-refractivity contribution in [2.75, 3.05) is 39.4 Å². The van der Waals surface area contributed by atoms with Gasteiger partial charge in [-0.15, -0.1) is 0 Å². The van der Waals surface area contributed by atoms with Crippen molar-refractivity contribution in [1.82, 2.24) is 10.2 Å². The first-order valence-electron chi connectivity index (χ1n) is 7.67. The maximum Gasteiger partial charge on any atom is 0.253 e. The van der Waals surface area contributed by atoms with Crippen LogP contribution in [0.1, 0.15) is 23.2 Å². The summed E-state index contributed by atoms with van der Waals surface area (Å²) in [6, 6.07) is 7.51. The Morgan fingerprint density at radius 3 is 2.48 bits per heavy atom. The van der Waals surface area contributed by atoms with Crippen LogP contribution in [0.15, 0.2) is 24.3 Å². The predicted molar refractivity (Wildman–Crippen MR) is 79.7 cm³/mol. The molecule has 3 rings (SSSR count). The molecule has 1 amide bonds. The summed E-state index contributed by atoms with van der Waals surface area (Å²) in [6.07, 6.45) is 2.09. The topological polar surface area (TPSA) is 50.8 Å². The molecule has 1 aromatic carbocycles. The normalized spacial score (nSPS) is 20.3. The molecule has 0 saturated carbocycles. The zero-order valence-electron chi connectivity index (χ0n) is 12.2. The van der Waals surface area contributed by atoms with E-state index < -0.39 is 0 Å². The Morgan fingerprint density at radius 2 is 1.81 bits per heavy atom. The van der Waals surface area contributed by atoms with Crippen molar-refractivity contribution < 1.29 is 14.3 Å². The molecule has 5 heteroatoms. The summed E-state index contributed by atoms with van der Waals surface area (Å²) in [6.45, 7) is 4.83. The number of rotatable bonds is 3. The molecule has 1 aromatic rings. The molecule has 0 radical (unpaired) electrons. The molecule has 0 atom stereocenters. The third-order valence-corrected chi connectivity index (χ3v) is 3.98. The lowest BCUT2D eigenvalue weighted by molar-refractivity contribution is 0.0256. The van der Waals surface area contributed by atoms with E-state index in [1.807, 2.05) is 29.2 Å². The minimum atomic E-state index is 0.106. The number of nitrogens with one attached hydrogen (secondary N) is 1. The van der Waals surface area contributed by atoms with Gasteiger partial charge in [0.25, 0.3) is 5.91 Å². The number of hydrogen-bond donors (Lipinski definition) is 1. The number of carbonyl (C=O) groups excluding carboxylic acids is 1. The Bertz CT molecular complexity index is 463. The zero-order chi connectivity index (χ0) is 14.5. The first-order valence-corrected chi connectivity index (χ1v) is 7.67. The van der Waals surface area contributed by atoms with Crippen molar-refractivity contribution in [2.45, 2.75) is 18.9 Å². The number of ether oxygens (including phenoxy) is 2. The smallest absolute Gasteiger partial charge is 0.253 e. The number of piperazine rings is 1. The van der Waals surface area contributed by atoms with E-state index in [-0.39, 0.29) is 12.0 Å². The molecular weight excluding hydrogens is 268 g/mol. The molecule has 0 unspecified atom stereocenters. The summed E-state index contributed by atoms with van der Waals surface area (Å²) in [4.78, 5) is 14.2. The third-order valence-electron chi connectivity index (χ3n) is 3.98. The summed E-state index contributed by atoms with van der Waals surface area (Å²) in [5.74, 6) is 0.938. The quantitative estimate of drug-likeness (QED) is 0.911. The minimum Gasteiger partial charge on any atom is -0.490 e. The van der Waals surface area contributed by atoms with Crippen molar-refractivity contribution >= 4 is 5.91 Å². The molecule has 21 heavy (non-hydrogen) atoms. The van der Waals surface area contributed by atoms with Crippen LogP contribution in [0.4, 0.5) is 0 Å². The molecule has 2 aliphatic heterocycles. The van der Waals surface area contributed by atoms with E-state index in [2.05, 4.69) is 5.32 Å². The lowest BCUT2D eigenvalue weighted by atomic mass is 10.1. The molecule has 2 fully saturated rings. The maximum absolute atomic E-state index is 12.3. The summed E-state index contributed by atoms with van der Waals surface area (Å²) < 4.78 is 11.2. The van der Waals surface area contributed by atoms with Crippen LogP contribution in [0.3, 0.4) is 0 Å². The van der Waals surface area contributed by atoms with E-state index in [0.29, 0.717) is 0 Å². The second-order valence-electron chi connectivity index (χ2n) is 5.50. The Kier molecular flexibility index (Phi) is 4.72. The maximum atomic E-state index is 12.3. The van der Waals surface area contributed by atoms with Crippen LogP contribution >= 0.6 is 0 Å². The van der Waals surface area contributed by atoms with Gasteiger partial charge in [0.1, 0.15) is 11.9 Å². The van der Waals surface area contributed by atoms with E-state index in [1.54, 1.807) is 0 Å². The Balaban J connectivity index is 1.59. The molecule has 2 heterocycles. The largest absolute Gasteiger partial charge is 0.490 e. The van der Waals surface area contributed by atoms with Gasteiger partial charge in [0.15, 0.2) is 0 Å². The van der Waals surface area contributed by atoms with Gasteiger partial charge in [-0.2, -0.15) is 0 Å². The van der Waals surface area contributed by atoms with Gasteiger partial charge in [-0.05, 0) is 24.3 Å². The van der Waals surface area contributed by atoms with Crippen molar-refractivity contribution in [3.63, 3.8) is 0 Å². The van der Waals surface area contributed by atoms with Gasteiger partial charge >= 0.3 is 0 Å². The van der Waals surface area contributed by atoms with Crippen LogP contribution in [-0.4, -0.2) is 56.3 Å². The number of carbonyl (C=O) groups is 1. The molecule has 0 bridgehead atoms. The van der Waals surface area contributed by atoms with Crippen LogP contribution in [0.2, 0.25) is 0 Å². The van der Waals surface area contributed by atoms with Crippen molar-refractivity contribution in [3.8, 4) is 5.75 Å². The lowest BCUT2D eigenvalue weighted by Gasteiger charge is -2.27. The monoisotopic (exact) mass is 290 g/mol. The van der Waals surface area contributed by atoms with E-state index >= 15 is 0 Å². The molecule has 114 valence electrons. The van der Waals surface area contributed by atoms with Gasteiger partial charge in [0, 0.05) is 44.6 Å². The second kappa shape index (κ2) is 6.91.